The molecule has 13 amide bonds. The van der Waals surface area contributed by atoms with Gasteiger partial charge >= 0.3 is 12.2 Å². The number of nitrogens with two attached hydrogens (primary N) is 1. The summed E-state index contributed by atoms with van der Waals surface area (Å²) >= 11 is 14.8. The van der Waals surface area contributed by atoms with E-state index in [1.165, 1.54) is 81.8 Å². The van der Waals surface area contributed by atoms with Crippen LogP contribution in [0.25, 0.3) is 22.3 Å². The van der Waals surface area contributed by atoms with Gasteiger partial charge in [-0.2, -0.15) is 0 Å². The molecule has 123 heavy (non-hydrogen) atoms. The van der Waals surface area contributed by atoms with E-state index in [1.807, 2.05) is 97.1 Å². The van der Waals surface area contributed by atoms with Gasteiger partial charge < -0.3 is 62.7 Å². The molecule has 11 N–H and O–H groups in total. The molecule has 0 spiro atoms. The van der Waals surface area contributed by atoms with Crippen molar-refractivity contribution >= 4 is 113 Å². The minimum absolute atomic E-state index is 0.132. The highest BCUT2D eigenvalue weighted by molar-refractivity contribution is 8.15. The number of hydrogen-bond donors (Lipinski definition) is 10. The number of nitrogens with zero attached hydrogens (tertiary/aromatic N) is 3. The first kappa shape index (κ1) is 94.2. The van der Waals surface area contributed by atoms with E-state index < -0.39 is 174 Å². The Morgan fingerprint density at radius 2 is 0.797 bits per heavy atom. The number of primary amides is 1. The number of hydrogen-bond acceptors (Lipinski definition) is 18. The van der Waals surface area contributed by atoms with Crippen molar-refractivity contribution < 1.29 is 71.8 Å². The molecule has 1 heterocycles. The number of fused-ring (bicyclic) bond motifs is 6. The van der Waals surface area contributed by atoms with E-state index in [2.05, 4.69) is 52.5 Å². The molecule has 664 valence electrons. The highest BCUT2D eigenvalue weighted by atomic mass is 32.4. The number of H-pyrrole nitrogens is 1. The standard InChI is InChI=1S/C91H123N13O15P2S2/c1-54(78(92)106)98-86(114)90(7,8)102-81(109)57(4)96-83(111)76(51-120(122,61-31-15-11-16-32-61)62-33-17-12-18-34-62)103(88(116)118-49-73-69-43-27-23-39-65(69)66-40-24-28-44-70(66)73)85(113)77(52-121(123,63-35-19-13-20-36-63)64-37-21-14-22-38-64)104(89(117)119-50-74-71-45-29-25-41-67(71)68-42-26-30-46-72(68)74)84(112)58(5)97-82(110)75(47-60-48-93-53-94-60)100-79(107)55(2)99-87(115)91(9,10)101-80(108)56(3)95-59(6)105/h23-30,39-46,48,53-58,61-64,73-77H,11-22,31-38,47,49-52H2,1-10H3,(H2,92,106)(H,93,94)(H,95,105)(H,96,111)(H,97,110)(H,98,114)(H,99,115)(H,100,107)(H,101,108)(H,102,109)/t54-,55-,56-,57-,58-,75-,76-,77-/m0/s1. The Morgan fingerprint density at radius 1 is 0.447 bits per heavy atom. The molecule has 4 fully saturated rings. The second-order valence-corrected chi connectivity index (χ2v) is 46.7. The van der Waals surface area contributed by atoms with Crippen LogP contribution in [0.3, 0.4) is 0 Å². The lowest BCUT2D eigenvalue weighted by molar-refractivity contribution is -0.147. The molecule has 32 heteroatoms. The zero-order valence-electron chi connectivity index (χ0n) is 72.4. The van der Waals surface area contributed by atoms with Gasteiger partial charge in [-0.3, -0.25) is 52.7 Å². The Hall–Kier alpha value is -9.50. The first-order chi connectivity index (χ1) is 58.5. The third kappa shape index (κ3) is 22.4. The van der Waals surface area contributed by atoms with Gasteiger partial charge in [0.25, 0.3) is 11.8 Å². The van der Waals surface area contributed by atoms with Gasteiger partial charge in [-0.25, -0.2) is 24.4 Å². The van der Waals surface area contributed by atoms with E-state index in [0.29, 0.717) is 62.0 Å². The molecular weight excluding hydrogens is 1640 g/mol. The Morgan fingerprint density at radius 3 is 1.17 bits per heavy atom. The number of nitrogens with one attached hydrogen (secondary N) is 9. The van der Waals surface area contributed by atoms with Gasteiger partial charge in [-0.15, -0.1) is 0 Å². The Labute approximate surface area is 731 Å². The summed E-state index contributed by atoms with van der Waals surface area (Å²) in [5, 5.41) is 21.3. The van der Waals surface area contributed by atoms with Crippen molar-refractivity contribution in [1.82, 2.24) is 62.3 Å². The number of ether oxygens (including phenoxy) is 2. The summed E-state index contributed by atoms with van der Waals surface area (Å²) in [5.74, 6) is -11.0. The van der Waals surface area contributed by atoms with Crippen LogP contribution < -0.4 is 48.3 Å². The lowest BCUT2D eigenvalue weighted by atomic mass is 9.98. The van der Waals surface area contributed by atoms with Gasteiger partial charge in [0.15, 0.2) is 0 Å². The largest absolute Gasteiger partial charge is 0.448 e. The summed E-state index contributed by atoms with van der Waals surface area (Å²) < 4.78 is 13.4. The second kappa shape index (κ2) is 41.5. The maximum Gasteiger partial charge on any atom is 0.417 e. The normalized spacial score (nSPS) is 18.1. The number of amides is 13. The zero-order chi connectivity index (χ0) is 88.8. The smallest absolute Gasteiger partial charge is 0.417 e. The topological polar surface area (TPSA) is 398 Å². The average Bonchev–Trinajstić information content (AvgIpc) is 1.29. The van der Waals surface area contributed by atoms with Gasteiger partial charge in [-0.05, 0) is 193 Å². The van der Waals surface area contributed by atoms with E-state index in [1.54, 1.807) is 0 Å². The number of carbonyl (C=O) groups excluding carboxylic acids is 13. The third-order valence-corrected chi connectivity index (χ3v) is 39.2. The van der Waals surface area contributed by atoms with Crippen molar-refractivity contribution in [1.29, 1.82) is 0 Å². The summed E-state index contributed by atoms with van der Waals surface area (Å²) in [5.41, 5.74) is 8.62. The third-order valence-electron chi connectivity index (χ3n) is 25.9. The molecule has 0 radical (unpaired) electrons. The maximum absolute atomic E-state index is 18.4. The van der Waals surface area contributed by atoms with Gasteiger partial charge in [0.2, 0.25) is 53.2 Å². The van der Waals surface area contributed by atoms with Crippen LogP contribution in [0.2, 0.25) is 0 Å². The van der Waals surface area contributed by atoms with Crippen molar-refractivity contribution in [3.63, 3.8) is 0 Å². The lowest BCUT2D eigenvalue weighted by Gasteiger charge is -2.46. The fourth-order valence-electron chi connectivity index (χ4n) is 18.9. The molecule has 4 saturated carbocycles. The van der Waals surface area contributed by atoms with Crippen molar-refractivity contribution in [2.45, 2.75) is 298 Å². The van der Waals surface area contributed by atoms with Crippen LogP contribution in [-0.4, -0.2) is 205 Å². The van der Waals surface area contributed by atoms with Crippen LogP contribution in [0.4, 0.5) is 9.59 Å². The Bertz CT molecular complexity index is 4690. The number of aromatic nitrogens is 2. The van der Waals surface area contributed by atoms with E-state index in [4.69, 9.17) is 38.8 Å². The SMILES string of the molecule is CC(=O)N[C@@H](C)C(=O)NC(C)(C)C(=O)N[C@@H](C)C(=O)N[C@@H](Cc1cnc[nH]1)C(=O)N[C@@H](C)C(=O)N(C(=O)OCC1c2ccccc2-c2ccccc21)[C@@H](CP(=S)(C1CCCCC1)C1CCCCC1)C(=O)N(C(=O)OCC1c2ccccc2-c2ccccc21)[C@@H](CP(=S)(C1CCCCC1)C1CCCCC1)C(=O)N[C@@H](C)C(=O)NC(C)(C)C(=O)N[C@@H](C)C(N)=O. The average molecular weight is 1770 g/mol. The molecule has 0 unspecified atom stereocenters. The van der Waals surface area contributed by atoms with Crippen LogP contribution in [0.15, 0.2) is 110 Å². The molecule has 6 aliphatic rings. The number of rotatable bonds is 34. The van der Waals surface area contributed by atoms with Crippen LogP contribution in [0.1, 0.15) is 237 Å². The Kier molecular flexibility index (Phi) is 31.8. The summed E-state index contributed by atoms with van der Waals surface area (Å²) in [4.78, 5) is 205. The lowest BCUT2D eigenvalue weighted by Crippen LogP contribution is -2.65. The van der Waals surface area contributed by atoms with Gasteiger partial charge in [0.05, 0.1) is 6.33 Å². The van der Waals surface area contributed by atoms with E-state index in [-0.39, 0.29) is 41.4 Å². The van der Waals surface area contributed by atoms with E-state index in [9.17, 15) is 33.6 Å². The van der Waals surface area contributed by atoms with Gasteiger partial charge in [0.1, 0.15) is 72.6 Å². The second-order valence-electron chi connectivity index (χ2n) is 35.5. The molecular formula is C91H123N13O15P2S2. The molecule has 0 saturated heterocycles. The molecule has 28 nitrogen and oxygen atoms in total. The van der Waals surface area contributed by atoms with Crippen molar-refractivity contribution in [3.8, 4) is 22.3 Å². The highest BCUT2D eigenvalue weighted by Crippen LogP contribution is 2.66. The molecule has 0 aliphatic heterocycles. The van der Waals surface area contributed by atoms with Crippen molar-refractivity contribution in [3.05, 3.63) is 138 Å². The number of imide groups is 2. The monoisotopic (exact) mass is 1760 g/mol. The quantitative estimate of drug-likeness (QED) is 0.0171. The summed E-state index contributed by atoms with van der Waals surface area (Å²) in [7, 11) is 0. The van der Waals surface area contributed by atoms with E-state index >= 15 is 28.8 Å². The molecule has 4 aromatic carbocycles. The highest BCUT2D eigenvalue weighted by Gasteiger charge is 2.54. The summed E-state index contributed by atoms with van der Waals surface area (Å²) in [6.07, 6.45) is 14.9. The predicted molar refractivity (Wildman–Crippen MR) is 479 cm³/mol. The molecule has 0 bridgehead atoms. The predicted octanol–water partition coefficient (Wildman–Crippen LogP) is 10.8. The fourth-order valence-corrected chi connectivity index (χ4v) is 31.3. The first-order valence-corrected chi connectivity index (χ1v) is 50.0. The fraction of sp³-hybridized carbons (Fsp3) is 0.560. The van der Waals surface area contributed by atoms with Gasteiger partial charge in [0, 0.05) is 49.4 Å². The number of carbonyl (C=O) groups is 13. The van der Waals surface area contributed by atoms with Crippen LogP contribution >= 0.6 is 12.1 Å². The van der Waals surface area contributed by atoms with Crippen LogP contribution in [-0.2, 0) is 92.2 Å². The molecule has 8 atom stereocenters. The summed E-state index contributed by atoms with van der Waals surface area (Å²) in [6.45, 7) is 12.9. The molecule has 11 rings (SSSR count). The molecule has 6 aliphatic carbocycles. The minimum Gasteiger partial charge on any atom is -0.448 e. The van der Waals surface area contributed by atoms with Crippen molar-refractivity contribution in [2.75, 3.05) is 25.5 Å². The van der Waals surface area contributed by atoms with Crippen LogP contribution in [0.5, 0.6) is 0 Å². The van der Waals surface area contributed by atoms with E-state index in [0.717, 1.165) is 126 Å². The van der Waals surface area contributed by atoms with Crippen molar-refractivity contribution in [2.24, 2.45) is 5.73 Å². The minimum atomic E-state index is -3.21. The summed E-state index contributed by atoms with van der Waals surface area (Å²) in [6, 6.07) is 11.8. The maximum atomic E-state index is 18.4. The molecule has 5 aromatic rings. The van der Waals surface area contributed by atoms with Crippen LogP contribution in [0, 0.1) is 0 Å². The number of benzene rings is 4. The number of aromatic amines is 1. The zero-order valence-corrected chi connectivity index (χ0v) is 75.8. The number of imidazole rings is 1. The van der Waals surface area contributed by atoms with Gasteiger partial charge in [-0.1, -0.05) is 198 Å². The Balaban J connectivity index is 1.08. The molecule has 1 aromatic heterocycles. The first-order valence-electron chi connectivity index (χ1n) is 43.8.